The Bertz CT molecular complexity index is 821. The number of amides is 3. The maximum Gasteiger partial charge on any atom is 0.429 e. The molecule has 0 aliphatic carbocycles. The Morgan fingerprint density at radius 3 is 2.30 bits per heavy atom. The van der Waals surface area contributed by atoms with Crippen LogP contribution in [-0.4, -0.2) is 41.0 Å². The van der Waals surface area contributed by atoms with Crippen LogP contribution >= 0.6 is 0 Å². The molecule has 1 saturated heterocycles. The molecule has 7 nitrogen and oxygen atoms in total. The first-order chi connectivity index (χ1) is 13.0. The number of benzene rings is 2. The van der Waals surface area contributed by atoms with Crippen LogP contribution in [0.5, 0.6) is 0 Å². The maximum absolute atomic E-state index is 12.8. The van der Waals surface area contributed by atoms with Crippen molar-refractivity contribution in [3.63, 3.8) is 0 Å². The standard InChI is InChI=1S/C20H21N3O4/c1-15(24)21-18-10-8-17(9-11-18)19(25)22-12-5-13-23(22)20(26)27-14-16-6-3-2-4-7-16/h2-4,6-11H,5,12-14H2,1H3,(H,21,24). The van der Waals surface area contributed by atoms with E-state index >= 15 is 0 Å². The minimum atomic E-state index is -0.542. The summed E-state index contributed by atoms with van der Waals surface area (Å²) >= 11 is 0. The van der Waals surface area contributed by atoms with Gasteiger partial charge in [-0.15, -0.1) is 0 Å². The highest BCUT2D eigenvalue weighted by Crippen LogP contribution is 2.18. The molecule has 140 valence electrons. The zero-order chi connectivity index (χ0) is 19.2. The second-order valence-electron chi connectivity index (χ2n) is 6.20. The van der Waals surface area contributed by atoms with Gasteiger partial charge in [-0.25, -0.2) is 14.8 Å². The van der Waals surface area contributed by atoms with Gasteiger partial charge in [0.25, 0.3) is 5.91 Å². The molecule has 0 unspecified atom stereocenters. The van der Waals surface area contributed by atoms with E-state index in [0.717, 1.165) is 5.56 Å². The lowest BCUT2D eigenvalue weighted by Gasteiger charge is -2.27. The van der Waals surface area contributed by atoms with Gasteiger partial charge in [0, 0.05) is 31.3 Å². The van der Waals surface area contributed by atoms with E-state index in [2.05, 4.69) is 5.32 Å². The van der Waals surface area contributed by atoms with E-state index < -0.39 is 6.09 Å². The Labute approximate surface area is 157 Å². The van der Waals surface area contributed by atoms with Gasteiger partial charge < -0.3 is 10.1 Å². The summed E-state index contributed by atoms with van der Waals surface area (Å²) in [5.74, 6) is -0.459. The van der Waals surface area contributed by atoms with Crippen molar-refractivity contribution in [2.24, 2.45) is 0 Å². The molecule has 2 aromatic carbocycles. The van der Waals surface area contributed by atoms with Crippen molar-refractivity contribution >= 4 is 23.6 Å². The first kappa shape index (κ1) is 18.4. The van der Waals surface area contributed by atoms with Crippen LogP contribution in [0, 0.1) is 0 Å². The third-order valence-electron chi connectivity index (χ3n) is 4.13. The summed E-state index contributed by atoms with van der Waals surface area (Å²) in [5, 5.41) is 5.40. The summed E-state index contributed by atoms with van der Waals surface area (Å²) < 4.78 is 5.34. The third kappa shape index (κ3) is 4.63. The molecule has 1 N–H and O–H groups in total. The first-order valence-corrected chi connectivity index (χ1v) is 8.72. The van der Waals surface area contributed by atoms with Gasteiger partial charge in [0.2, 0.25) is 5.91 Å². The number of ether oxygens (including phenoxy) is 1. The molecule has 27 heavy (non-hydrogen) atoms. The Balaban J connectivity index is 1.63. The van der Waals surface area contributed by atoms with Crippen molar-refractivity contribution in [1.29, 1.82) is 0 Å². The average molecular weight is 367 g/mol. The number of rotatable bonds is 4. The second kappa shape index (κ2) is 8.35. The van der Waals surface area contributed by atoms with E-state index in [1.165, 1.54) is 16.9 Å². The van der Waals surface area contributed by atoms with Crippen LogP contribution in [0.3, 0.4) is 0 Å². The fourth-order valence-corrected chi connectivity index (χ4v) is 2.85. The van der Waals surface area contributed by atoms with Crippen LogP contribution in [-0.2, 0) is 16.1 Å². The lowest BCUT2D eigenvalue weighted by atomic mass is 10.2. The summed E-state index contributed by atoms with van der Waals surface area (Å²) in [6.07, 6.45) is 0.149. The number of hydrazine groups is 1. The third-order valence-corrected chi connectivity index (χ3v) is 4.13. The normalized spacial score (nSPS) is 13.4. The molecule has 3 rings (SSSR count). The summed E-state index contributed by atoms with van der Waals surface area (Å²) in [5.41, 5.74) is 1.93. The molecule has 1 fully saturated rings. The fraction of sp³-hybridized carbons (Fsp3) is 0.250. The predicted molar refractivity (Wildman–Crippen MR) is 99.7 cm³/mol. The zero-order valence-corrected chi connectivity index (χ0v) is 15.1. The van der Waals surface area contributed by atoms with Gasteiger partial charge in [-0.2, -0.15) is 0 Å². The predicted octanol–water partition coefficient (Wildman–Crippen LogP) is 3.04. The molecule has 2 aromatic rings. The van der Waals surface area contributed by atoms with Crippen molar-refractivity contribution in [2.75, 3.05) is 18.4 Å². The van der Waals surface area contributed by atoms with E-state index in [0.29, 0.717) is 30.8 Å². The first-order valence-electron chi connectivity index (χ1n) is 8.72. The van der Waals surface area contributed by atoms with Crippen LogP contribution in [0.4, 0.5) is 10.5 Å². The van der Waals surface area contributed by atoms with Crippen molar-refractivity contribution in [1.82, 2.24) is 10.0 Å². The molecule has 0 spiro atoms. The second-order valence-corrected chi connectivity index (χ2v) is 6.20. The van der Waals surface area contributed by atoms with Gasteiger partial charge in [0.1, 0.15) is 6.61 Å². The summed E-state index contributed by atoms with van der Waals surface area (Å²) in [6.45, 7) is 2.46. The lowest BCUT2D eigenvalue weighted by Crippen LogP contribution is -2.45. The highest BCUT2D eigenvalue weighted by Gasteiger charge is 2.32. The van der Waals surface area contributed by atoms with Crippen molar-refractivity contribution in [2.45, 2.75) is 20.0 Å². The molecule has 1 heterocycles. The van der Waals surface area contributed by atoms with Gasteiger partial charge in [-0.05, 0) is 36.2 Å². The van der Waals surface area contributed by atoms with Crippen LogP contribution in [0.25, 0.3) is 0 Å². The number of hydrogen-bond donors (Lipinski definition) is 1. The average Bonchev–Trinajstić information content (AvgIpc) is 3.16. The van der Waals surface area contributed by atoms with Crippen molar-refractivity contribution in [3.05, 3.63) is 65.7 Å². The number of carbonyl (C=O) groups excluding carboxylic acids is 3. The Morgan fingerprint density at radius 1 is 0.963 bits per heavy atom. The molecule has 1 aliphatic rings. The minimum absolute atomic E-state index is 0.156. The largest absolute Gasteiger partial charge is 0.443 e. The van der Waals surface area contributed by atoms with Gasteiger partial charge >= 0.3 is 6.09 Å². The molecular weight excluding hydrogens is 346 g/mol. The van der Waals surface area contributed by atoms with E-state index in [-0.39, 0.29) is 18.4 Å². The molecule has 1 aliphatic heterocycles. The van der Waals surface area contributed by atoms with Crippen LogP contribution in [0.15, 0.2) is 54.6 Å². The number of carbonyl (C=O) groups is 3. The molecular formula is C20H21N3O4. The number of nitrogens with one attached hydrogen (secondary N) is 1. The van der Waals surface area contributed by atoms with E-state index in [1.54, 1.807) is 24.3 Å². The Hall–Kier alpha value is -3.35. The highest BCUT2D eigenvalue weighted by atomic mass is 16.6. The van der Waals surface area contributed by atoms with Crippen molar-refractivity contribution in [3.8, 4) is 0 Å². The van der Waals surface area contributed by atoms with Crippen LogP contribution in [0.1, 0.15) is 29.3 Å². The number of nitrogens with zero attached hydrogens (tertiary/aromatic N) is 2. The molecule has 3 amide bonds. The zero-order valence-electron chi connectivity index (χ0n) is 15.1. The molecule has 0 atom stereocenters. The fourth-order valence-electron chi connectivity index (χ4n) is 2.85. The van der Waals surface area contributed by atoms with Gasteiger partial charge in [-0.1, -0.05) is 30.3 Å². The Kier molecular flexibility index (Phi) is 5.71. The van der Waals surface area contributed by atoms with Crippen molar-refractivity contribution < 1.29 is 19.1 Å². The van der Waals surface area contributed by atoms with E-state index in [1.807, 2.05) is 30.3 Å². The number of hydrogen-bond acceptors (Lipinski definition) is 4. The van der Waals surface area contributed by atoms with Crippen LogP contribution < -0.4 is 5.32 Å². The van der Waals surface area contributed by atoms with E-state index in [4.69, 9.17) is 4.74 Å². The minimum Gasteiger partial charge on any atom is -0.443 e. The SMILES string of the molecule is CC(=O)Nc1ccc(C(=O)N2CCCN2C(=O)OCc2ccccc2)cc1. The smallest absolute Gasteiger partial charge is 0.429 e. The lowest BCUT2D eigenvalue weighted by molar-refractivity contribution is -0.114. The molecule has 0 aromatic heterocycles. The number of anilines is 1. The molecule has 0 radical (unpaired) electrons. The highest BCUT2D eigenvalue weighted by molar-refractivity contribution is 5.96. The molecule has 7 heteroatoms. The topological polar surface area (TPSA) is 79.0 Å². The molecule has 0 bridgehead atoms. The van der Waals surface area contributed by atoms with Gasteiger partial charge in [-0.3, -0.25) is 9.59 Å². The quantitative estimate of drug-likeness (QED) is 0.901. The summed E-state index contributed by atoms with van der Waals surface area (Å²) in [6, 6.07) is 15.9. The summed E-state index contributed by atoms with van der Waals surface area (Å²) in [4.78, 5) is 36.2. The maximum atomic E-state index is 12.8. The van der Waals surface area contributed by atoms with E-state index in [9.17, 15) is 14.4 Å². The van der Waals surface area contributed by atoms with Gasteiger partial charge in [0.15, 0.2) is 0 Å². The molecule has 0 saturated carbocycles. The summed E-state index contributed by atoms with van der Waals surface area (Å²) in [7, 11) is 0. The monoisotopic (exact) mass is 367 g/mol. The van der Waals surface area contributed by atoms with Gasteiger partial charge in [0.05, 0.1) is 0 Å². The Morgan fingerprint density at radius 2 is 1.63 bits per heavy atom. The van der Waals surface area contributed by atoms with Crippen LogP contribution in [0.2, 0.25) is 0 Å².